The van der Waals surface area contributed by atoms with E-state index in [2.05, 4.69) is 4.74 Å². The third-order valence-electron chi connectivity index (χ3n) is 2.41. The number of carboxylic acid groups (broad SMARTS) is 1. The number of carbonyl (C=O) groups excluding carboxylic acids is 3. The number of esters is 1. The molecule has 0 spiro atoms. The zero-order valence-corrected chi connectivity index (χ0v) is 12.7. The molecule has 0 radical (unpaired) electrons. The van der Waals surface area contributed by atoms with E-state index >= 15 is 0 Å². The van der Waals surface area contributed by atoms with Crippen LogP contribution in [0.4, 0.5) is 0 Å². The Labute approximate surface area is 129 Å². The van der Waals surface area contributed by atoms with Gasteiger partial charge < -0.3 is 14.6 Å². The maximum Gasteiger partial charge on any atom is 1.00 e. The molecule has 2 aliphatic heterocycles. The number of nitrogens with zero attached hydrogens (tertiary/aromatic N) is 1. The summed E-state index contributed by atoms with van der Waals surface area (Å²) in [6.45, 7) is 0. The zero-order chi connectivity index (χ0) is 12.6. The van der Waals surface area contributed by atoms with Crippen molar-refractivity contribution in [2.24, 2.45) is 0 Å². The number of hydrogen-bond donors (Lipinski definition) is 0. The number of fused-ring (bicyclic) bond motifs is 1. The fourth-order valence-electron chi connectivity index (χ4n) is 1.60. The van der Waals surface area contributed by atoms with Crippen LogP contribution in [-0.2, 0) is 19.1 Å². The van der Waals surface area contributed by atoms with Crippen LogP contribution in [0.5, 0.6) is 0 Å². The van der Waals surface area contributed by atoms with Crippen molar-refractivity contribution in [3.05, 3.63) is 22.8 Å². The van der Waals surface area contributed by atoms with Crippen LogP contribution in [-0.4, -0.2) is 35.2 Å². The van der Waals surface area contributed by atoms with Crippen molar-refractivity contribution in [3.63, 3.8) is 0 Å². The summed E-state index contributed by atoms with van der Waals surface area (Å²) in [5.74, 6) is -2.25. The van der Waals surface area contributed by atoms with Gasteiger partial charge in [-0.05, 0) is 6.08 Å². The molecule has 0 unspecified atom stereocenters. The summed E-state index contributed by atoms with van der Waals surface area (Å²) in [5, 5.41) is 10.7. The smallest absolute Gasteiger partial charge is 0.543 e. The fraction of sp³-hybridized carbons (Fsp3) is 0.300. The first kappa shape index (κ1) is 15.3. The number of carbonyl (C=O) groups is 3. The average molecular weight is 277 g/mol. The summed E-state index contributed by atoms with van der Waals surface area (Å²) >= 11 is 1.22. The van der Waals surface area contributed by atoms with Crippen LogP contribution >= 0.6 is 11.8 Å². The van der Waals surface area contributed by atoms with Crippen molar-refractivity contribution in [1.29, 1.82) is 0 Å². The van der Waals surface area contributed by atoms with E-state index in [0.717, 1.165) is 6.08 Å². The molecule has 2 rings (SSSR count). The number of β-lactam (4-membered cyclic amide) rings is 1. The van der Waals surface area contributed by atoms with Crippen LogP contribution in [0.25, 0.3) is 0 Å². The third kappa shape index (κ3) is 2.64. The third-order valence-corrected chi connectivity index (χ3v) is 3.64. The van der Waals surface area contributed by atoms with Crippen LogP contribution in [0.1, 0.15) is 6.42 Å². The van der Waals surface area contributed by atoms with Gasteiger partial charge in [-0.15, -0.1) is 0 Å². The van der Waals surface area contributed by atoms with Gasteiger partial charge >= 0.3 is 35.5 Å². The first-order chi connectivity index (χ1) is 8.04. The summed E-state index contributed by atoms with van der Waals surface area (Å²) in [6.07, 6.45) is 2.74. The van der Waals surface area contributed by atoms with Gasteiger partial charge in [0.1, 0.15) is 0 Å². The minimum atomic E-state index is -1.42. The molecule has 18 heavy (non-hydrogen) atoms. The van der Waals surface area contributed by atoms with E-state index in [1.165, 1.54) is 29.8 Å². The van der Waals surface area contributed by atoms with Gasteiger partial charge in [-0.1, -0.05) is 11.8 Å². The molecule has 1 atom stereocenters. The maximum absolute atomic E-state index is 11.2. The Morgan fingerprint density at radius 2 is 2.22 bits per heavy atom. The minimum Gasteiger partial charge on any atom is -0.543 e. The summed E-state index contributed by atoms with van der Waals surface area (Å²) in [6, 6.07) is 0. The van der Waals surface area contributed by atoms with Crippen molar-refractivity contribution >= 4 is 29.6 Å². The van der Waals surface area contributed by atoms with Crippen LogP contribution in [0, 0.1) is 0 Å². The maximum atomic E-state index is 11.2. The fourth-order valence-corrected chi connectivity index (χ4v) is 2.89. The Bertz CT molecular complexity index is 473. The summed E-state index contributed by atoms with van der Waals surface area (Å²) in [7, 11) is 1.22. The molecule has 1 saturated heterocycles. The van der Waals surface area contributed by atoms with E-state index in [9.17, 15) is 19.5 Å². The zero-order valence-electron chi connectivity index (χ0n) is 9.84. The van der Waals surface area contributed by atoms with E-state index in [-0.39, 0.29) is 46.5 Å². The second-order valence-corrected chi connectivity index (χ2v) is 4.62. The number of hydrogen-bond acceptors (Lipinski definition) is 6. The molecule has 0 aromatic heterocycles. The molecule has 0 bridgehead atoms. The Balaban J connectivity index is 0.00000162. The average Bonchev–Trinajstić information content (AvgIpc) is 2.58. The molecule has 90 valence electrons. The first-order valence-corrected chi connectivity index (χ1v) is 5.63. The van der Waals surface area contributed by atoms with Crippen molar-refractivity contribution in [1.82, 2.24) is 4.90 Å². The normalized spacial score (nSPS) is 21.5. The summed E-state index contributed by atoms with van der Waals surface area (Å²) < 4.78 is 4.39. The summed E-state index contributed by atoms with van der Waals surface area (Å²) in [5.41, 5.74) is -0.170. The predicted molar refractivity (Wildman–Crippen MR) is 56.0 cm³/mol. The number of methoxy groups -OCH3 is 1. The number of aliphatic carboxylic acids is 1. The number of ether oxygens (including phenoxy) is 1. The second kappa shape index (κ2) is 5.92. The van der Waals surface area contributed by atoms with E-state index in [1.807, 2.05) is 0 Å². The van der Waals surface area contributed by atoms with Crippen molar-refractivity contribution in [2.75, 3.05) is 7.11 Å². The molecule has 0 aromatic carbocycles. The molecule has 6 nitrogen and oxygen atoms in total. The van der Waals surface area contributed by atoms with Gasteiger partial charge in [0.2, 0.25) is 5.91 Å². The van der Waals surface area contributed by atoms with Crippen molar-refractivity contribution < 1.29 is 53.8 Å². The molecule has 0 N–H and O–H groups in total. The Morgan fingerprint density at radius 1 is 1.56 bits per heavy atom. The van der Waals surface area contributed by atoms with Gasteiger partial charge in [0, 0.05) is 11.0 Å². The SMILES string of the molecule is COC(=O)C=CC1=C(C(=O)[O-])N2C(=O)C[C@H]2S1.[Na+]. The van der Waals surface area contributed by atoms with Crippen molar-refractivity contribution in [3.8, 4) is 0 Å². The number of thioether (sulfide) groups is 1. The number of allylic oxidation sites excluding steroid dienone is 1. The molecule has 2 aliphatic rings. The quantitative estimate of drug-likeness (QED) is 0.226. The Kier molecular flexibility index (Phi) is 5.03. The van der Waals surface area contributed by atoms with Crippen molar-refractivity contribution in [2.45, 2.75) is 11.8 Å². The van der Waals surface area contributed by atoms with E-state index in [1.54, 1.807) is 0 Å². The molecule has 0 aliphatic carbocycles. The predicted octanol–water partition coefficient (Wildman–Crippen LogP) is -4.01. The van der Waals surface area contributed by atoms with E-state index in [0.29, 0.717) is 11.3 Å². The molecule has 1 amide bonds. The Morgan fingerprint density at radius 3 is 2.72 bits per heavy atom. The molecule has 0 saturated carbocycles. The molecule has 1 fully saturated rings. The van der Waals surface area contributed by atoms with Crippen LogP contribution in [0.3, 0.4) is 0 Å². The number of amides is 1. The Hall–Kier alpha value is -0.760. The molecule has 0 aromatic rings. The van der Waals surface area contributed by atoms with Gasteiger partial charge in [0.15, 0.2) is 0 Å². The minimum absolute atomic E-state index is 0. The number of carboxylic acids is 1. The topological polar surface area (TPSA) is 86.7 Å². The standard InChI is InChI=1S/C10H9NO5S.Na/c1-16-8(13)3-2-5-9(10(14)15)11-6(12)4-7(11)17-5;/h2-3,7H,4H2,1H3,(H,14,15);/q;+1/p-1/t7-;/m1./s1. The molecular weight excluding hydrogens is 269 g/mol. The molecular formula is C10H8NNaO5S. The van der Waals surface area contributed by atoms with Crippen LogP contribution in [0.2, 0.25) is 0 Å². The van der Waals surface area contributed by atoms with E-state index in [4.69, 9.17) is 0 Å². The van der Waals surface area contributed by atoms with Gasteiger partial charge in [0.05, 0.1) is 30.6 Å². The first-order valence-electron chi connectivity index (χ1n) is 4.75. The molecule has 8 heteroatoms. The summed E-state index contributed by atoms with van der Waals surface area (Å²) in [4.78, 5) is 34.6. The van der Waals surface area contributed by atoms with Gasteiger partial charge in [-0.3, -0.25) is 9.69 Å². The van der Waals surface area contributed by atoms with Gasteiger partial charge in [0.25, 0.3) is 0 Å². The molecule has 2 heterocycles. The van der Waals surface area contributed by atoms with Gasteiger partial charge in [-0.25, -0.2) is 4.79 Å². The number of rotatable bonds is 3. The van der Waals surface area contributed by atoms with Gasteiger partial charge in [-0.2, -0.15) is 0 Å². The van der Waals surface area contributed by atoms with Crippen LogP contribution < -0.4 is 34.7 Å². The largest absolute Gasteiger partial charge is 1.00 e. The monoisotopic (exact) mass is 277 g/mol. The van der Waals surface area contributed by atoms with E-state index < -0.39 is 11.9 Å². The van der Waals surface area contributed by atoms with Crippen LogP contribution in [0.15, 0.2) is 22.8 Å². The second-order valence-electron chi connectivity index (χ2n) is 3.40.